The van der Waals surface area contributed by atoms with Crippen LogP contribution in [0.25, 0.3) is 22.2 Å². The van der Waals surface area contributed by atoms with Gasteiger partial charge in [0.15, 0.2) is 0 Å². The molecular formula is C38H51N5O3. The van der Waals surface area contributed by atoms with Gasteiger partial charge in [0, 0.05) is 35.9 Å². The highest BCUT2D eigenvalue weighted by Gasteiger charge is 2.27. The molecule has 4 aromatic rings. The Bertz CT molecular complexity index is 1630. The molecule has 0 spiro atoms. The van der Waals surface area contributed by atoms with E-state index in [4.69, 9.17) is 4.74 Å². The van der Waals surface area contributed by atoms with Crippen LogP contribution in [0.2, 0.25) is 0 Å². The van der Waals surface area contributed by atoms with Crippen molar-refractivity contribution >= 4 is 28.4 Å². The standard InChI is InChI=1S/C38H51N5O3/c1-8-11-23-43(38(45)40-34-30(26(4)5)18-13-19-31(34)27(6)7)35-33(32-20-14-21-39-36(32)41-37(35)44)28-16-12-17-29(25-28)46-24-15-22-42(9-2)10-3/h12-14,16-21,25-27H,8-11,15,22-24H2,1-7H3,(H,40,45)(H,39,41,44). The first-order valence-electron chi connectivity index (χ1n) is 16.9. The van der Waals surface area contributed by atoms with Crippen LogP contribution in [0.1, 0.15) is 90.7 Å². The molecule has 0 saturated heterocycles. The normalized spacial score (nSPS) is 11.5. The van der Waals surface area contributed by atoms with Crippen LogP contribution >= 0.6 is 0 Å². The van der Waals surface area contributed by atoms with Gasteiger partial charge in [-0.25, -0.2) is 9.78 Å². The van der Waals surface area contributed by atoms with E-state index in [2.05, 4.69) is 80.8 Å². The zero-order valence-corrected chi connectivity index (χ0v) is 28.7. The largest absolute Gasteiger partial charge is 0.494 e. The first kappa shape index (κ1) is 34.7. The molecule has 0 saturated carbocycles. The number of aromatic amines is 1. The summed E-state index contributed by atoms with van der Waals surface area (Å²) in [6.07, 6.45) is 4.17. The highest BCUT2D eigenvalue weighted by Crippen LogP contribution is 2.37. The van der Waals surface area contributed by atoms with Crippen molar-refractivity contribution in [3.8, 4) is 16.9 Å². The maximum absolute atomic E-state index is 14.4. The fourth-order valence-electron chi connectivity index (χ4n) is 5.92. The average molecular weight is 626 g/mol. The molecule has 0 aliphatic carbocycles. The summed E-state index contributed by atoms with van der Waals surface area (Å²) in [6.45, 7) is 18.9. The monoisotopic (exact) mass is 625 g/mol. The number of unbranched alkanes of at least 4 members (excludes halogenated alkanes) is 1. The molecule has 0 bridgehead atoms. The lowest BCUT2D eigenvalue weighted by Gasteiger charge is -2.28. The number of aromatic nitrogens is 2. The SMILES string of the molecule is CCCCN(C(=O)Nc1c(C(C)C)cccc1C(C)C)c1c(-c2cccc(OCCCN(CC)CC)c2)c2cccnc2[nH]c1=O. The van der Waals surface area contributed by atoms with Crippen LogP contribution < -0.4 is 20.5 Å². The first-order chi connectivity index (χ1) is 22.2. The maximum Gasteiger partial charge on any atom is 0.326 e. The summed E-state index contributed by atoms with van der Waals surface area (Å²) in [7, 11) is 0. The van der Waals surface area contributed by atoms with Gasteiger partial charge in [0.05, 0.1) is 6.61 Å². The predicted molar refractivity (Wildman–Crippen MR) is 192 cm³/mol. The molecule has 2 aromatic carbocycles. The zero-order chi connectivity index (χ0) is 33.2. The zero-order valence-electron chi connectivity index (χ0n) is 28.7. The number of pyridine rings is 2. The smallest absolute Gasteiger partial charge is 0.326 e. The van der Waals surface area contributed by atoms with E-state index in [0.29, 0.717) is 30.0 Å². The molecule has 2 amide bonds. The minimum absolute atomic E-state index is 0.207. The first-order valence-corrected chi connectivity index (χ1v) is 16.9. The summed E-state index contributed by atoms with van der Waals surface area (Å²) in [6, 6.07) is 17.4. The third-order valence-electron chi connectivity index (χ3n) is 8.52. The number of carbonyl (C=O) groups excluding carboxylic acids is 1. The number of fused-ring (bicyclic) bond motifs is 1. The molecule has 246 valence electrons. The summed E-state index contributed by atoms with van der Waals surface area (Å²) in [5, 5.41) is 4.02. The van der Waals surface area contributed by atoms with Crippen LogP contribution in [0.5, 0.6) is 5.75 Å². The van der Waals surface area contributed by atoms with E-state index in [1.165, 1.54) is 0 Å². The number of H-pyrrole nitrogens is 1. The molecule has 8 nitrogen and oxygen atoms in total. The van der Waals surface area contributed by atoms with Crippen molar-refractivity contribution < 1.29 is 9.53 Å². The molecule has 0 atom stereocenters. The number of urea groups is 1. The molecular weight excluding hydrogens is 574 g/mol. The van der Waals surface area contributed by atoms with E-state index in [0.717, 1.165) is 72.4 Å². The van der Waals surface area contributed by atoms with Crippen molar-refractivity contribution in [3.05, 3.63) is 82.3 Å². The lowest BCUT2D eigenvalue weighted by Crippen LogP contribution is -2.40. The van der Waals surface area contributed by atoms with Gasteiger partial charge in [-0.1, -0.05) is 85.2 Å². The van der Waals surface area contributed by atoms with Gasteiger partial charge < -0.3 is 19.9 Å². The number of carbonyl (C=O) groups is 1. The second-order valence-corrected chi connectivity index (χ2v) is 12.4. The van der Waals surface area contributed by atoms with Gasteiger partial charge in [-0.05, 0) is 78.7 Å². The van der Waals surface area contributed by atoms with Gasteiger partial charge in [0.1, 0.15) is 17.1 Å². The van der Waals surface area contributed by atoms with E-state index >= 15 is 0 Å². The number of hydrogen-bond acceptors (Lipinski definition) is 5. The molecule has 0 fully saturated rings. The minimum Gasteiger partial charge on any atom is -0.494 e. The average Bonchev–Trinajstić information content (AvgIpc) is 3.05. The topological polar surface area (TPSA) is 90.6 Å². The molecule has 0 aliphatic heterocycles. The van der Waals surface area contributed by atoms with Crippen LogP contribution in [0.3, 0.4) is 0 Å². The van der Waals surface area contributed by atoms with Gasteiger partial charge in [-0.2, -0.15) is 0 Å². The number of para-hydroxylation sites is 1. The molecule has 8 heteroatoms. The number of nitrogens with one attached hydrogen (secondary N) is 2. The van der Waals surface area contributed by atoms with Crippen LogP contribution in [0.15, 0.2) is 65.6 Å². The Labute approximate surface area is 274 Å². The summed E-state index contributed by atoms with van der Waals surface area (Å²) in [5.41, 5.74) is 4.82. The van der Waals surface area contributed by atoms with Crippen molar-refractivity contribution in [2.45, 2.75) is 79.6 Å². The predicted octanol–water partition coefficient (Wildman–Crippen LogP) is 8.79. The highest BCUT2D eigenvalue weighted by molar-refractivity contribution is 6.09. The van der Waals surface area contributed by atoms with Gasteiger partial charge >= 0.3 is 6.03 Å². The van der Waals surface area contributed by atoms with Gasteiger partial charge in [0.2, 0.25) is 0 Å². The number of benzene rings is 2. The summed E-state index contributed by atoms with van der Waals surface area (Å²) >= 11 is 0. The molecule has 2 heterocycles. The summed E-state index contributed by atoms with van der Waals surface area (Å²) < 4.78 is 6.19. The Balaban J connectivity index is 1.81. The van der Waals surface area contributed by atoms with Crippen molar-refractivity contribution in [2.24, 2.45) is 0 Å². The van der Waals surface area contributed by atoms with Crippen molar-refractivity contribution in [2.75, 3.05) is 43.0 Å². The third-order valence-corrected chi connectivity index (χ3v) is 8.52. The molecule has 2 aromatic heterocycles. The Morgan fingerprint density at radius 1 is 0.913 bits per heavy atom. The summed E-state index contributed by atoms with van der Waals surface area (Å²) in [4.78, 5) is 39.8. The fourth-order valence-corrected chi connectivity index (χ4v) is 5.92. The molecule has 0 radical (unpaired) electrons. The Morgan fingerprint density at radius 2 is 1.61 bits per heavy atom. The van der Waals surface area contributed by atoms with E-state index in [-0.39, 0.29) is 23.4 Å². The molecule has 2 N–H and O–H groups in total. The number of rotatable bonds is 15. The second kappa shape index (κ2) is 16.4. The minimum atomic E-state index is -0.362. The maximum atomic E-state index is 14.4. The molecule has 4 rings (SSSR count). The molecule has 0 aliphatic rings. The second-order valence-electron chi connectivity index (χ2n) is 12.4. The number of nitrogens with zero attached hydrogens (tertiary/aromatic N) is 3. The van der Waals surface area contributed by atoms with Crippen molar-refractivity contribution in [1.29, 1.82) is 0 Å². The molecule has 46 heavy (non-hydrogen) atoms. The van der Waals surface area contributed by atoms with E-state index in [1.807, 2.05) is 42.5 Å². The van der Waals surface area contributed by atoms with E-state index in [1.54, 1.807) is 11.1 Å². The van der Waals surface area contributed by atoms with Crippen LogP contribution in [0.4, 0.5) is 16.2 Å². The number of hydrogen-bond donors (Lipinski definition) is 2. The number of ether oxygens (including phenoxy) is 1. The quantitative estimate of drug-likeness (QED) is 0.129. The van der Waals surface area contributed by atoms with E-state index < -0.39 is 0 Å². The fraction of sp³-hybridized carbons (Fsp3) is 0.447. The van der Waals surface area contributed by atoms with Crippen LogP contribution in [-0.4, -0.2) is 53.7 Å². The summed E-state index contributed by atoms with van der Waals surface area (Å²) in [5.74, 6) is 1.13. The van der Waals surface area contributed by atoms with Gasteiger partial charge in [-0.3, -0.25) is 9.69 Å². The van der Waals surface area contributed by atoms with Crippen LogP contribution in [-0.2, 0) is 0 Å². The lowest BCUT2D eigenvalue weighted by atomic mass is 9.92. The van der Waals surface area contributed by atoms with Gasteiger partial charge in [0.25, 0.3) is 5.56 Å². The highest BCUT2D eigenvalue weighted by atomic mass is 16.5. The lowest BCUT2D eigenvalue weighted by molar-refractivity contribution is 0.249. The van der Waals surface area contributed by atoms with Crippen LogP contribution in [0, 0.1) is 0 Å². The third kappa shape index (κ3) is 8.15. The van der Waals surface area contributed by atoms with E-state index in [9.17, 15) is 9.59 Å². The van der Waals surface area contributed by atoms with Crippen molar-refractivity contribution in [3.63, 3.8) is 0 Å². The Hall–Kier alpha value is -4.17. The number of anilines is 2. The Kier molecular flexibility index (Phi) is 12.4. The van der Waals surface area contributed by atoms with Gasteiger partial charge in [-0.15, -0.1) is 0 Å². The number of amides is 2. The molecule has 0 unspecified atom stereocenters. The Morgan fingerprint density at radius 3 is 2.26 bits per heavy atom. The van der Waals surface area contributed by atoms with Crippen molar-refractivity contribution in [1.82, 2.24) is 14.9 Å².